The molecule has 0 saturated carbocycles. The molecule has 7 heteroatoms. The Bertz CT molecular complexity index is 868. The van der Waals surface area contributed by atoms with E-state index in [2.05, 4.69) is 11.0 Å². The van der Waals surface area contributed by atoms with Crippen LogP contribution in [0.3, 0.4) is 0 Å². The molecule has 0 spiro atoms. The van der Waals surface area contributed by atoms with E-state index in [4.69, 9.17) is 4.74 Å². The summed E-state index contributed by atoms with van der Waals surface area (Å²) >= 11 is 0. The number of hydrogen-bond donors (Lipinski definition) is 0. The highest BCUT2D eigenvalue weighted by Gasteiger charge is 2.26. The van der Waals surface area contributed by atoms with Crippen molar-refractivity contribution in [2.75, 3.05) is 37.6 Å². The van der Waals surface area contributed by atoms with E-state index < -0.39 is 5.60 Å². The molecule has 2 aromatic rings. The third-order valence-corrected chi connectivity index (χ3v) is 4.83. The Morgan fingerprint density at radius 2 is 1.71 bits per heavy atom. The molecule has 0 unspecified atom stereocenters. The number of ether oxygens (including phenoxy) is 1. The van der Waals surface area contributed by atoms with Gasteiger partial charge in [-0.1, -0.05) is 30.3 Å². The molecule has 2 aromatic carbocycles. The van der Waals surface area contributed by atoms with Crippen LogP contribution in [-0.4, -0.2) is 54.2 Å². The topological polar surface area (TPSA) is 75.9 Å². The Hall–Kier alpha value is -2.83. The summed E-state index contributed by atoms with van der Waals surface area (Å²) in [6.07, 6.45) is 0.146. The van der Waals surface area contributed by atoms with Crippen LogP contribution >= 0.6 is 0 Å². The molecule has 0 bridgehead atoms. The second-order valence-electron chi connectivity index (χ2n) is 8.05. The van der Waals surface area contributed by atoms with Crippen molar-refractivity contribution in [3.8, 4) is 0 Å². The van der Waals surface area contributed by atoms with E-state index in [-0.39, 0.29) is 17.6 Å². The highest BCUT2D eigenvalue weighted by Crippen LogP contribution is 2.30. The van der Waals surface area contributed by atoms with Gasteiger partial charge in [0.05, 0.1) is 0 Å². The van der Waals surface area contributed by atoms with Crippen molar-refractivity contribution < 1.29 is 14.5 Å². The van der Waals surface area contributed by atoms with Crippen LogP contribution < -0.4 is 4.90 Å². The summed E-state index contributed by atoms with van der Waals surface area (Å²) < 4.78 is 5.46. The zero-order chi connectivity index (χ0) is 20.3. The van der Waals surface area contributed by atoms with Gasteiger partial charge in [0.15, 0.2) is 0 Å². The van der Waals surface area contributed by atoms with Gasteiger partial charge in [-0.25, -0.2) is 4.79 Å². The zero-order valence-electron chi connectivity index (χ0n) is 16.7. The number of anilines is 1. The molecule has 1 heterocycles. The van der Waals surface area contributed by atoms with Crippen LogP contribution in [0.1, 0.15) is 26.3 Å². The summed E-state index contributed by atoms with van der Waals surface area (Å²) in [5.74, 6) is 0. The molecule has 7 nitrogen and oxygen atoms in total. The first kappa shape index (κ1) is 19.9. The van der Waals surface area contributed by atoms with Gasteiger partial charge in [0.1, 0.15) is 5.60 Å². The minimum Gasteiger partial charge on any atom is -0.444 e. The summed E-state index contributed by atoms with van der Waals surface area (Å²) in [5, 5.41) is 12.9. The molecule has 0 N–H and O–H groups in total. The molecule has 28 heavy (non-hydrogen) atoms. The average molecular weight is 385 g/mol. The third kappa shape index (κ3) is 4.71. The van der Waals surface area contributed by atoms with Gasteiger partial charge in [-0.05, 0) is 37.8 Å². The second kappa shape index (κ2) is 8.04. The van der Waals surface area contributed by atoms with Crippen molar-refractivity contribution in [2.24, 2.45) is 0 Å². The SMILES string of the molecule is CC(C)(C)OC(=O)N1CCN(c2ccc(CC[N+](=O)[O-])c3ccccc23)CC1. The van der Waals surface area contributed by atoms with E-state index in [1.807, 2.05) is 51.1 Å². The van der Waals surface area contributed by atoms with Crippen LogP contribution in [0, 0.1) is 10.1 Å². The van der Waals surface area contributed by atoms with Crippen molar-refractivity contribution >= 4 is 22.6 Å². The van der Waals surface area contributed by atoms with Crippen LogP contribution in [-0.2, 0) is 11.2 Å². The van der Waals surface area contributed by atoms with Crippen LogP contribution in [0.2, 0.25) is 0 Å². The first-order chi connectivity index (χ1) is 13.2. The first-order valence-corrected chi connectivity index (χ1v) is 9.60. The van der Waals surface area contributed by atoms with Gasteiger partial charge in [0, 0.05) is 48.6 Å². The lowest BCUT2D eigenvalue weighted by molar-refractivity contribution is -0.479. The molecule has 0 radical (unpaired) electrons. The number of amides is 1. The molecule has 150 valence electrons. The summed E-state index contributed by atoms with van der Waals surface area (Å²) in [7, 11) is 0. The lowest BCUT2D eigenvalue weighted by Gasteiger charge is -2.37. The Morgan fingerprint density at radius 3 is 2.32 bits per heavy atom. The monoisotopic (exact) mass is 385 g/mol. The number of nitrogens with zero attached hydrogens (tertiary/aromatic N) is 3. The van der Waals surface area contributed by atoms with E-state index in [1.54, 1.807) is 4.90 Å². The molecular weight excluding hydrogens is 358 g/mol. The molecule has 1 saturated heterocycles. The molecule has 1 fully saturated rings. The number of nitro groups is 1. The lowest BCUT2D eigenvalue weighted by atomic mass is 9.99. The van der Waals surface area contributed by atoms with E-state index in [9.17, 15) is 14.9 Å². The van der Waals surface area contributed by atoms with Crippen molar-refractivity contribution in [1.82, 2.24) is 4.90 Å². The van der Waals surface area contributed by atoms with Gasteiger partial charge >= 0.3 is 6.09 Å². The molecule has 0 aliphatic carbocycles. The van der Waals surface area contributed by atoms with Gasteiger partial charge in [0.25, 0.3) is 0 Å². The molecule has 1 aliphatic rings. The van der Waals surface area contributed by atoms with Crippen molar-refractivity contribution in [3.05, 3.63) is 52.1 Å². The predicted octanol–water partition coefficient (Wildman–Crippen LogP) is 3.72. The van der Waals surface area contributed by atoms with Crippen LogP contribution in [0.5, 0.6) is 0 Å². The number of carbonyl (C=O) groups is 1. The van der Waals surface area contributed by atoms with Gasteiger partial charge in [-0.2, -0.15) is 0 Å². The Kier molecular flexibility index (Phi) is 5.72. The Morgan fingerprint density at radius 1 is 1.07 bits per heavy atom. The maximum absolute atomic E-state index is 12.3. The Balaban J connectivity index is 1.76. The molecule has 1 amide bonds. The highest BCUT2D eigenvalue weighted by molar-refractivity contribution is 5.96. The summed E-state index contributed by atoms with van der Waals surface area (Å²) in [6.45, 7) is 8.18. The number of rotatable bonds is 4. The van der Waals surface area contributed by atoms with E-state index >= 15 is 0 Å². The zero-order valence-corrected chi connectivity index (χ0v) is 16.7. The van der Waals surface area contributed by atoms with Crippen LogP contribution in [0.25, 0.3) is 10.8 Å². The quantitative estimate of drug-likeness (QED) is 0.592. The fourth-order valence-corrected chi connectivity index (χ4v) is 3.51. The van der Waals surface area contributed by atoms with Gasteiger partial charge in [0.2, 0.25) is 6.54 Å². The van der Waals surface area contributed by atoms with Gasteiger partial charge in [-0.15, -0.1) is 0 Å². The minimum absolute atomic E-state index is 0.0715. The van der Waals surface area contributed by atoms with Gasteiger partial charge in [-0.3, -0.25) is 10.1 Å². The lowest BCUT2D eigenvalue weighted by Crippen LogP contribution is -2.50. The fraction of sp³-hybridized carbons (Fsp3) is 0.476. The maximum atomic E-state index is 12.3. The average Bonchev–Trinajstić information content (AvgIpc) is 2.65. The van der Waals surface area contributed by atoms with Crippen molar-refractivity contribution in [3.63, 3.8) is 0 Å². The normalized spacial score (nSPS) is 15.0. The predicted molar refractivity (Wildman–Crippen MR) is 110 cm³/mol. The summed E-state index contributed by atoms with van der Waals surface area (Å²) in [4.78, 5) is 26.8. The Labute approximate surface area is 165 Å². The number of hydrogen-bond acceptors (Lipinski definition) is 5. The molecule has 0 atom stereocenters. The van der Waals surface area contributed by atoms with E-state index in [1.165, 1.54) is 0 Å². The van der Waals surface area contributed by atoms with Crippen molar-refractivity contribution in [1.29, 1.82) is 0 Å². The first-order valence-electron chi connectivity index (χ1n) is 9.60. The minimum atomic E-state index is -0.496. The number of piperazine rings is 1. The van der Waals surface area contributed by atoms with Crippen LogP contribution in [0.4, 0.5) is 10.5 Å². The molecule has 1 aliphatic heterocycles. The maximum Gasteiger partial charge on any atom is 0.410 e. The van der Waals surface area contributed by atoms with E-state index in [0.717, 1.165) is 35.1 Å². The number of benzene rings is 2. The molecule has 0 aromatic heterocycles. The fourth-order valence-electron chi connectivity index (χ4n) is 3.51. The van der Waals surface area contributed by atoms with Crippen LogP contribution in [0.15, 0.2) is 36.4 Å². The third-order valence-electron chi connectivity index (χ3n) is 4.83. The summed E-state index contributed by atoms with van der Waals surface area (Å²) in [5.41, 5.74) is 1.59. The largest absolute Gasteiger partial charge is 0.444 e. The summed E-state index contributed by atoms with van der Waals surface area (Å²) in [6, 6.07) is 12.1. The molecular formula is C21H27N3O4. The number of fused-ring (bicyclic) bond motifs is 1. The number of carbonyl (C=O) groups excluding carboxylic acids is 1. The van der Waals surface area contributed by atoms with Crippen molar-refractivity contribution in [2.45, 2.75) is 32.8 Å². The highest BCUT2D eigenvalue weighted by atomic mass is 16.6. The molecule has 3 rings (SSSR count). The smallest absolute Gasteiger partial charge is 0.410 e. The second-order valence-corrected chi connectivity index (χ2v) is 8.05. The standard InChI is InChI=1S/C21H27N3O4/c1-21(2,3)28-20(25)23-14-12-22(13-15-23)19-9-8-16(10-11-24(26)27)17-6-4-5-7-18(17)19/h4-9H,10-15H2,1-3H3. The van der Waals surface area contributed by atoms with E-state index in [0.29, 0.717) is 19.5 Å². The van der Waals surface area contributed by atoms with Gasteiger partial charge < -0.3 is 14.5 Å².